The van der Waals surface area contributed by atoms with Gasteiger partial charge in [-0.2, -0.15) is 10.2 Å². The maximum atomic E-state index is 8.86. The summed E-state index contributed by atoms with van der Waals surface area (Å²) in [4.78, 5) is 21.8. The molecule has 0 unspecified atom stereocenters. The topological polar surface area (TPSA) is 112 Å². The molecule has 0 bridgehead atoms. The lowest BCUT2D eigenvalue weighted by atomic mass is 10.1. The number of ether oxygens (including phenoxy) is 1. The molecular formula is C23H24ClN7OS. The first kappa shape index (κ1) is 24.3. The number of nitrogens with one attached hydrogen (secondary N) is 2. The van der Waals surface area contributed by atoms with Crippen molar-refractivity contribution in [3.05, 3.63) is 53.1 Å². The number of nitrogens with zero attached hydrogens (tertiary/aromatic N) is 5. The average molecular weight is 482 g/mol. The second kappa shape index (κ2) is 11.5. The fraction of sp³-hybridized carbons (Fsp3) is 0.261. The third-order valence-corrected chi connectivity index (χ3v) is 5.82. The van der Waals surface area contributed by atoms with Crippen LogP contribution < -0.4 is 9.46 Å². The van der Waals surface area contributed by atoms with Gasteiger partial charge in [0.05, 0.1) is 34.2 Å². The molecule has 0 aliphatic rings. The van der Waals surface area contributed by atoms with E-state index in [1.54, 1.807) is 25.6 Å². The number of hydrogen-bond donors (Lipinski definition) is 2. The van der Waals surface area contributed by atoms with Gasteiger partial charge < -0.3 is 9.72 Å². The van der Waals surface area contributed by atoms with Crippen molar-refractivity contribution in [2.75, 3.05) is 11.8 Å². The van der Waals surface area contributed by atoms with Gasteiger partial charge in [0, 0.05) is 41.7 Å². The number of H-pyrrole nitrogens is 1. The molecular weight excluding hydrogens is 458 g/mol. The number of benzene rings is 1. The van der Waals surface area contributed by atoms with Crippen LogP contribution >= 0.6 is 23.5 Å². The Morgan fingerprint density at radius 2 is 1.97 bits per heavy atom. The Balaban J connectivity index is 0.00000149. The van der Waals surface area contributed by atoms with Crippen molar-refractivity contribution in [1.29, 1.82) is 5.26 Å². The third-order valence-electron chi connectivity index (χ3n) is 4.67. The van der Waals surface area contributed by atoms with Crippen LogP contribution in [0.25, 0.3) is 22.3 Å². The summed E-state index contributed by atoms with van der Waals surface area (Å²) in [6.07, 6.45) is 6.19. The first-order valence-electron chi connectivity index (χ1n) is 10.4. The second-order valence-electron chi connectivity index (χ2n) is 6.55. The Kier molecular flexibility index (Phi) is 8.46. The first-order valence-corrected chi connectivity index (χ1v) is 11.6. The monoisotopic (exact) mass is 481 g/mol. The first-order chi connectivity index (χ1) is 16.1. The van der Waals surface area contributed by atoms with Crippen molar-refractivity contribution >= 4 is 40.4 Å². The lowest BCUT2D eigenvalue weighted by molar-refractivity contribution is 0.391. The zero-order valence-corrected chi connectivity index (χ0v) is 20.4. The zero-order chi connectivity index (χ0) is 23.8. The van der Waals surface area contributed by atoms with E-state index in [0.717, 1.165) is 32.6 Å². The van der Waals surface area contributed by atoms with Crippen molar-refractivity contribution in [1.82, 2.24) is 24.9 Å². The quantitative estimate of drug-likeness (QED) is 0.309. The lowest BCUT2D eigenvalue weighted by Crippen LogP contribution is -2.04. The summed E-state index contributed by atoms with van der Waals surface area (Å²) in [6.45, 7) is 5.88. The number of rotatable bonds is 7. The van der Waals surface area contributed by atoms with Crippen LogP contribution in [0.4, 0.5) is 5.95 Å². The van der Waals surface area contributed by atoms with Crippen LogP contribution in [0.5, 0.6) is 5.88 Å². The second-order valence-corrected chi connectivity index (χ2v) is 7.81. The molecule has 170 valence electrons. The summed E-state index contributed by atoms with van der Waals surface area (Å²) in [5, 5.41) is 10.4. The Morgan fingerprint density at radius 1 is 1.21 bits per heavy atom. The van der Waals surface area contributed by atoms with E-state index in [2.05, 4.69) is 35.7 Å². The van der Waals surface area contributed by atoms with Crippen molar-refractivity contribution in [3.8, 4) is 23.3 Å². The molecule has 10 heteroatoms. The van der Waals surface area contributed by atoms with Crippen LogP contribution in [-0.2, 0) is 6.42 Å². The van der Waals surface area contributed by atoms with E-state index in [1.165, 1.54) is 11.9 Å². The molecule has 2 N–H and O–H groups in total. The van der Waals surface area contributed by atoms with E-state index >= 15 is 0 Å². The molecule has 0 amide bonds. The van der Waals surface area contributed by atoms with Crippen LogP contribution in [-0.4, -0.2) is 32.0 Å². The minimum Gasteiger partial charge on any atom is -0.481 e. The summed E-state index contributed by atoms with van der Waals surface area (Å²) >= 11 is 7.82. The molecule has 3 aromatic heterocycles. The maximum Gasteiger partial charge on any atom is 0.236 e. The summed E-state index contributed by atoms with van der Waals surface area (Å²) < 4.78 is 8.58. The number of anilines is 1. The van der Waals surface area contributed by atoms with E-state index in [-0.39, 0.29) is 0 Å². The molecule has 4 aromatic rings. The average Bonchev–Trinajstić information content (AvgIpc) is 3.26. The van der Waals surface area contributed by atoms with Gasteiger partial charge in [-0.05, 0) is 37.4 Å². The molecule has 33 heavy (non-hydrogen) atoms. The highest BCUT2D eigenvalue weighted by Crippen LogP contribution is 2.37. The Hall–Kier alpha value is -3.35. The van der Waals surface area contributed by atoms with E-state index in [4.69, 9.17) is 21.6 Å². The highest BCUT2D eigenvalue weighted by atomic mass is 35.5. The molecule has 0 fully saturated rings. The number of methoxy groups -OCH3 is 1. The van der Waals surface area contributed by atoms with Gasteiger partial charge in [0.25, 0.3) is 0 Å². The van der Waals surface area contributed by atoms with Crippen LogP contribution in [0.3, 0.4) is 0 Å². The number of hydrogen-bond acceptors (Lipinski definition) is 8. The largest absolute Gasteiger partial charge is 0.481 e. The summed E-state index contributed by atoms with van der Waals surface area (Å²) in [6, 6.07) is 7.68. The normalized spacial score (nSPS) is 10.3. The van der Waals surface area contributed by atoms with Crippen molar-refractivity contribution < 1.29 is 4.74 Å². The summed E-state index contributed by atoms with van der Waals surface area (Å²) in [5.41, 5.74) is 3.22. The Morgan fingerprint density at radius 3 is 2.67 bits per heavy atom. The molecule has 0 saturated heterocycles. The summed E-state index contributed by atoms with van der Waals surface area (Å²) in [7, 11) is 1.56. The summed E-state index contributed by atoms with van der Waals surface area (Å²) in [5.74, 6) is 1.45. The highest BCUT2D eigenvalue weighted by molar-refractivity contribution is 8.00. The van der Waals surface area contributed by atoms with Gasteiger partial charge in [0.15, 0.2) is 5.82 Å². The van der Waals surface area contributed by atoms with Crippen LogP contribution in [0.15, 0.2) is 41.7 Å². The molecule has 0 atom stereocenters. The predicted molar refractivity (Wildman–Crippen MR) is 132 cm³/mol. The minimum atomic E-state index is 0.382. The fourth-order valence-electron chi connectivity index (χ4n) is 3.23. The minimum absolute atomic E-state index is 0.382. The highest BCUT2D eigenvalue weighted by Gasteiger charge is 2.16. The van der Waals surface area contributed by atoms with Crippen molar-refractivity contribution in [2.24, 2.45) is 0 Å². The molecule has 8 nitrogen and oxygen atoms in total. The van der Waals surface area contributed by atoms with Gasteiger partial charge in [-0.1, -0.05) is 31.5 Å². The molecule has 1 aromatic carbocycles. The van der Waals surface area contributed by atoms with Crippen LogP contribution in [0.1, 0.15) is 31.5 Å². The molecule has 0 aliphatic heterocycles. The number of aromatic amines is 1. The lowest BCUT2D eigenvalue weighted by Gasteiger charge is -2.11. The van der Waals surface area contributed by atoms with Gasteiger partial charge in [0.2, 0.25) is 11.8 Å². The molecule has 4 rings (SSSR count). The van der Waals surface area contributed by atoms with Gasteiger partial charge in [0.1, 0.15) is 0 Å². The smallest absolute Gasteiger partial charge is 0.236 e. The van der Waals surface area contributed by atoms with Gasteiger partial charge in [-0.25, -0.2) is 15.0 Å². The third kappa shape index (κ3) is 5.35. The van der Waals surface area contributed by atoms with Gasteiger partial charge in [-0.3, -0.25) is 4.72 Å². The number of halogens is 1. The Labute approximate surface area is 201 Å². The van der Waals surface area contributed by atoms with Gasteiger partial charge >= 0.3 is 0 Å². The van der Waals surface area contributed by atoms with E-state index in [0.29, 0.717) is 35.5 Å². The SMILES string of the molecule is CC.COc1nc(NSc2c[nH]c3c(-c4ncccn4)c(Cl)ccc23)nc(C)c1CCC#N. The number of aryl methyl sites for hydroxylation is 1. The molecule has 0 radical (unpaired) electrons. The zero-order valence-electron chi connectivity index (χ0n) is 18.8. The molecule has 0 saturated carbocycles. The number of nitriles is 1. The van der Waals surface area contributed by atoms with Crippen molar-refractivity contribution in [2.45, 2.75) is 38.5 Å². The fourth-order valence-corrected chi connectivity index (χ4v) is 4.17. The van der Waals surface area contributed by atoms with Crippen molar-refractivity contribution in [3.63, 3.8) is 0 Å². The Bertz CT molecular complexity index is 1270. The predicted octanol–water partition coefficient (Wildman–Crippen LogP) is 5.99. The van der Waals surface area contributed by atoms with Crippen LogP contribution in [0, 0.1) is 18.3 Å². The number of fused-ring (bicyclic) bond motifs is 1. The molecule has 0 aliphatic carbocycles. The standard InChI is InChI=1S/C21H18ClN7OS.C2H6/c1-12-13(5-3-8-23)20(30-2)28-21(27-12)29-31-16-11-26-18-14(16)6-7-15(22)17(18)19-24-9-4-10-25-19;1-2/h4,6-7,9-11,26H,3,5H2,1-2H3,(H,27,28,29);1-2H3. The maximum absolute atomic E-state index is 8.86. The van der Waals surface area contributed by atoms with Crippen LogP contribution in [0.2, 0.25) is 5.02 Å². The number of aromatic nitrogens is 5. The molecule has 3 heterocycles. The molecule has 0 spiro atoms. The van der Waals surface area contributed by atoms with E-state index in [9.17, 15) is 0 Å². The van der Waals surface area contributed by atoms with E-state index in [1.807, 2.05) is 39.1 Å². The van der Waals surface area contributed by atoms with Gasteiger partial charge in [-0.15, -0.1) is 0 Å². The van der Waals surface area contributed by atoms with E-state index < -0.39 is 0 Å².